The van der Waals surface area contributed by atoms with Gasteiger partial charge < -0.3 is 20.5 Å². The first-order valence-electron chi connectivity index (χ1n) is 8.07. The Morgan fingerprint density at radius 1 is 1.20 bits per heavy atom. The highest BCUT2D eigenvalue weighted by Crippen LogP contribution is 2.31. The molecule has 6 nitrogen and oxygen atoms in total. The number of nitrogens with two attached hydrogens (primary N) is 1. The predicted molar refractivity (Wildman–Crippen MR) is 97.6 cm³/mol. The zero-order valence-electron chi connectivity index (χ0n) is 15.1. The number of aromatic nitrogens is 1. The maximum Gasteiger partial charge on any atom is 0.241 e. The number of pyridine rings is 1. The molecule has 0 fully saturated rings. The molecule has 0 saturated carbocycles. The van der Waals surface area contributed by atoms with E-state index in [4.69, 9.17) is 15.2 Å². The normalized spacial score (nSPS) is 12.4. The van der Waals surface area contributed by atoms with Gasteiger partial charge in [0.2, 0.25) is 5.91 Å². The average Bonchev–Trinajstić information content (AvgIpc) is 2.59. The van der Waals surface area contributed by atoms with Crippen molar-refractivity contribution in [3.8, 4) is 11.5 Å². The number of ether oxygens (including phenoxy) is 2. The molecule has 2 rings (SSSR count). The van der Waals surface area contributed by atoms with Crippen LogP contribution >= 0.6 is 0 Å². The second-order valence-corrected chi connectivity index (χ2v) is 6.84. The number of nitrogens with zero attached hydrogens (tertiary/aromatic N) is 1. The summed E-state index contributed by atoms with van der Waals surface area (Å²) in [5.74, 6) is 0.895. The number of rotatable bonds is 6. The molecule has 0 spiro atoms. The number of hydrogen-bond acceptors (Lipinski definition) is 5. The van der Waals surface area contributed by atoms with E-state index in [1.54, 1.807) is 37.7 Å². The minimum atomic E-state index is -0.615. The van der Waals surface area contributed by atoms with E-state index in [0.717, 1.165) is 5.56 Å². The molecule has 2 aromatic rings. The van der Waals surface area contributed by atoms with Crippen molar-refractivity contribution >= 4 is 11.6 Å². The highest BCUT2D eigenvalue weighted by atomic mass is 16.5. The Kier molecular flexibility index (Phi) is 5.98. The van der Waals surface area contributed by atoms with E-state index in [2.05, 4.69) is 10.3 Å². The quantitative estimate of drug-likeness (QED) is 0.842. The van der Waals surface area contributed by atoms with Crippen LogP contribution in [-0.2, 0) is 11.4 Å². The molecule has 0 aliphatic heterocycles. The van der Waals surface area contributed by atoms with Crippen molar-refractivity contribution in [2.45, 2.75) is 33.4 Å². The summed E-state index contributed by atoms with van der Waals surface area (Å²) < 4.78 is 11.1. The van der Waals surface area contributed by atoms with Gasteiger partial charge in [0, 0.05) is 24.1 Å². The van der Waals surface area contributed by atoms with Gasteiger partial charge in [-0.15, -0.1) is 0 Å². The lowest BCUT2D eigenvalue weighted by atomic mass is 9.87. The molecule has 25 heavy (non-hydrogen) atoms. The Balaban J connectivity index is 2.12. The molecule has 0 radical (unpaired) electrons. The summed E-state index contributed by atoms with van der Waals surface area (Å²) in [7, 11) is 1.57. The molecule has 0 saturated heterocycles. The SMILES string of the molecule is COc1ccc(NC(=O)[C@@H](N)C(C)(C)C)cc1OCc1ccncc1. The van der Waals surface area contributed by atoms with Crippen LogP contribution in [0.3, 0.4) is 0 Å². The Morgan fingerprint density at radius 3 is 2.48 bits per heavy atom. The van der Waals surface area contributed by atoms with E-state index < -0.39 is 6.04 Å². The van der Waals surface area contributed by atoms with Gasteiger partial charge in [0.1, 0.15) is 6.61 Å². The third-order valence-corrected chi connectivity index (χ3v) is 3.79. The van der Waals surface area contributed by atoms with Crippen LogP contribution in [0.4, 0.5) is 5.69 Å². The Hall–Kier alpha value is -2.60. The number of carbonyl (C=O) groups excluding carboxylic acids is 1. The molecule has 1 atom stereocenters. The molecular weight excluding hydrogens is 318 g/mol. The third kappa shape index (κ3) is 5.19. The van der Waals surface area contributed by atoms with Gasteiger partial charge in [-0.2, -0.15) is 0 Å². The molecule has 0 unspecified atom stereocenters. The van der Waals surface area contributed by atoms with Crippen molar-refractivity contribution < 1.29 is 14.3 Å². The van der Waals surface area contributed by atoms with E-state index in [1.165, 1.54) is 0 Å². The monoisotopic (exact) mass is 343 g/mol. The first-order valence-corrected chi connectivity index (χ1v) is 8.07. The molecule has 1 heterocycles. The van der Waals surface area contributed by atoms with Crippen LogP contribution in [0.1, 0.15) is 26.3 Å². The van der Waals surface area contributed by atoms with Crippen LogP contribution < -0.4 is 20.5 Å². The number of methoxy groups -OCH3 is 1. The van der Waals surface area contributed by atoms with Crippen molar-refractivity contribution in [2.24, 2.45) is 11.1 Å². The van der Waals surface area contributed by atoms with Crippen LogP contribution in [0.25, 0.3) is 0 Å². The van der Waals surface area contributed by atoms with Crippen LogP contribution in [0.5, 0.6) is 11.5 Å². The standard InChI is InChI=1S/C19H25N3O3/c1-19(2,3)17(20)18(23)22-14-5-6-15(24-4)16(11-14)25-12-13-7-9-21-10-8-13/h5-11,17H,12,20H2,1-4H3,(H,22,23)/t17-/m1/s1. The number of anilines is 1. The molecule has 3 N–H and O–H groups in total. The second kappa shape index (κ2) is 7.98. The highest BCUT2D eigenvalue weighted by molar-refractivity contribution is 5.95. The largest absolute Gasteiger partial charge is 0.493 e. The van der Waals surface area contributed by atoms with Crippen LogP contribution in [-0.4, -0.2) is 24.0 Å². The fourth-order valence-corrected chi connectivity index (χ4v) is 2.12. The average molecular weight is 343 g/mol. The number of amides is 1. The topological polar surface area (TPSA) is 86.5 Å². The van der Waals surface area contributed by atoms with Crippen LogP contribution in [0.2, 0.25) is 0 Å². The summed E-state index contributed by atoms with van der Waals surface area (Å²) in [5, 5.41) is 2.83. The molecule has 6 heteroatoms. The summed E-state index contributed by atoms with van der Waals surface area (Å²) in [6, 6.07) is 8.37. The summed E-state index contributed by atoms with van der Waals surface area (Å²) >= 11 is 0. The Morgan fingerprint density at radius 2 is 1.88 bits per heavy atom. The van der Waals surface area contributed by atoms with Gasteiger partial charge in [-0.3, -0.25) is 9.78 Å². The van der Waals surface area contributed by atoms with E-state index >= 15 is 0 Å². The fourth-order valence-electron chi connectivity index (χ4n) is 2.12. The van der Waals surface area contributed by atoms with E-state index in [-0.39, 0.29) is 11.3 Å². The molecule has 134 valence electrons. The molecule has 0 aliphatic rings. The van der Waals surface area contributed by atoms with Crippen molar-refractivity contribution in [3.05, 3.63) is 48.3 Å². The van der Waals surface area contributed by atoms with E-state index in [0.29, 0.717) is 23.8 Å². The van der Waals surface area contributed by atoms with Crippen LogP contribution in [0, 0.1) is 5.41 Å². The Labute approximate surface area is 148 Å². The van der Waals surface area contributed by atoms with Gasteiger partial charge in [0.05, 0.1) is 13.2 Å². The van der Waals surface area contributed by atoms with Gasteiger partial charge in [-0.05, 0) is 35.2 Å². The maximum atomic E-state index is 12.3. The van der Waals surface area contributed by atoms with Gasteiger partial charge >= 0.3 is 0 Å². The first-order chi connectivity index (χ1) is 11.8. The third-order valence-electron chi connectivity index (χ3n) is 3.79. The number of hydrogen-bond donors (Lipinski definition) is 2. The van der Waals surface area contributed by atoms with Crippen molar-refractivity contribution in [1.29, 1.82) is 0 Å². The summed E-state index contributed by atoms with van der Waals surface area (Å²) in [4.78, 5) is 16.3. The molecule has 0 aliphatic carbocycles. The fraction of sp³-hybridized carbons (Fsp3) is 0.368. The van der Waals surface area contributed by atoms with Crippen molar-refractivity contribution in [1.82, 2.24) is 4.98 Å². The summed E-state index contributed by atoms with van der Waals surface area (Å²) in [6.45, 7) is 6.15. The van der Waals surface area contributed by atoms with Crippen molar-refractivity contribution in [3.63, 3.8) is 0 Å². The maximum absolute atomic E-state index is 12.3. The molecule has 1 aromatic heterocycles. The number of nitrogens with one attached hydrogen (secondary N) is 1. The summed E-state index contributed by atoms with van der Waals surface area (Å²) in [5.41, 5.74) is 7.27. The molecular formula is C19H25N3O3. The lowest BCUT2D eigenvalue weighted by Crippen LogP contribution is -2.45. The van der Waals surface area contributed by atoms with Gasteiger partial charge in [-0.1, -0.05) is 20.8 Å². The van der Waals surface area contributed by atoms with Crippen molar-refractivity contribution in [2.75, 3.05) is 12.4 Å². The second-order valence-electron chi connectivity index (χ2n) is 6.84. The zero-order valence-corrected chi connectivity index (χ0v) is 15.1. The van der Waals surface area contributed by atoms with E-state index in [1.807, 2.05) is 32.9 Å². The minimum Gasteiger partial charge on any atom is -0.493 e. The highest BCUT2D eigenvalue weighted by Gasteiger charge is 2.27. The lowest BCUT2D eigenvalue weighted by Gasteiger charge is -2.26. The van der Waals surface area contributed by atoms with Crippen LogP contribution in [0.15, 0.2) is 42.7 Å². The van der Waals surface area contributed by atoms with Gasteiger partial charge in [0.25, 0.3) is 0 Å². The summed E-state index contributed by atoms with van der Waals surface area (Å²) in [6.07, 6.45) is 3.42. The molecule has 0 bridgehead atoms. The number of benzene rings is 1. The lowest BCUT2D eigenvalue weighted by molar-refractivity contribution is -0.119. The molecule has 1 aromatic carbocycles. The van der Waals surface area contributed by atoms with Gasteiger partial charge in [0.15, 0.2) is 11.5 Å². The smallest absolute Gasteiger partial charge is 0.241 e. The van der Waals surface area contributed by atoms with E-state index in [9.17, 15) is 4.79 Å². The minimum absolute atomic E-state index is 0.238. The predicted octanol–water partition coefficient (Wildman–Crippen LogP) is 2.98. The van der Waals surface area contributed by atoms with Gasteiger partial charge in [-0.25, -0.2) is 0 Å². The Bertz CT molecular complexity index is 712. The number of carbonyl (C=O) groups is 1. The first kappa shape index (κ1) is 18.7. The zero-order chi connectivity index (χ0) is 18.4. The molecule has 1 amide bonds.